The van der Waals surface area contributed by atoms with Crippen molar-refractivity contribution >= 4 is 34.4 Å². The van der Waals surface area contributed by atoms with E-state index in [1.165, 1.54) is 12.1 Å². The van der Waals surface area contributed by atoms with Crippen LogP contribution in [-0.4, -0.2) is 78.9 Å². The van der Waals surface area contributed by atoms with E-state index in [2.05, 4.69) is 0 Å². The van der Waals surface area contributed by atoms with E-state index in [1.807, 2.05) is 9.80 Å². The lowest BCUT2D eigenvalue weighted by Gasteiger charge is -2.36. The van der Waals surface area contributed by atoms with Gasteiger partial charge in [0.25, 0.3) is 5.24 Å². The molecule has 140 valence electrons. The minimum absolute atomic E-state index is 0.111. The summed E-state index contributed by atoms with van der Waals surface area (Å²) in [7, 11) is 1.55. The van der Waals surface area contributed by atoms with Gasteiger partial charge in [0.05, 0.1) is 31.6 Å². The van der Waals surface area contributed by atoms with Gasteiger partial charge in [-0.15, -0.1) is 0 Å². The van der Waals surface area contributed by atoms with Gasteiger partial charge in [-0.25, -0.2) is 4.39 Å². The van der Waals surface area contributed by atoms with E-state index >= 15 is 0 Å². The Morgan fingerprint density at radius 2 is 1.92 bits per heavy atom. The van der Waals surface area contributed by atoms with Crippen LogP contribution < -0.4 is 9.64 Å². The van der Waals surface area contributed by atoms with E-state index in [0.29, 0.717) is 37.6 Å². The molecule has 0 bridgehead atoms. The summed E-state index contributed by atoms with van der Waals surface area (Å²) in [6.07, 6.45) is 0. The quantitative estimate of drug-likeness (QED) is 0.734. The Hall–Kier alpha value is -2.13. The lowest BCUT2D eigenvalue weighted by Crippen LogP contribution is -2.49. The molecule has 0 atom stereocenters. The first-order valence-electron chi connectivity index (χ1n) is 8.27. The predicted molar refractivity (Wildman–Crippen MR) is 96.2 cm³/mol. The number of methoxy groups -OCH3 is 1. The van der Waals surface area contributed by atoms with Gasteiger partial charge in [0, 0.05) is 32.2 Å². The summed E-state index contributed by atoms with van der Waals surface area (Å²) in [6.45, 7) is 2.54. The molecule has 9 heteroatoms. The maximum Gasteiger partial charge on any atom is 0.289 e. The van der Waals surface area contributed by atoms with Crippen LogP contribution in [0.15, 0.2) is 18.2 Å². The summed E-state index contributed by atoms with van der Waals surface area (Å²) in [6, 6.07) is 4.40. The summed E-state index contributed by atoms with van der Waals surface area (Å²) < 4.78 is 18.8. The Balaban J connectivity index is 1.52. The molecule has 0 radical (unpaired) electrons. The molecule has 2 fully saturated rings. The maximum absolute atomic E-state index is 13.5. The number of hydrogen-bond acceptors (Lipinski definition) is 7. The summed E-state index contributed by atoms with van der Waals surface area (Å²) in [5.41, 5.74) is 0.698. The molecule has 0 unspecified atom stereocenters. The Bertz CT molecular complexity index is 706. The van der Waals surface area contributed by atoms with Crippen LogP contribution in [0, 0.1) is 5.82 Å². The molecule has 2 saturated heterocycles. The van der Waals surface area contributed by atoms with E-state index in [-0.39, 0.29) is 41.6 Å². The molecule has 2 heterocycles. The van der Waals surface area contributed by atoms with Crippen LogP contribution in [-0.2, 0) is 9.59 Å². The predicted octanol–water partition coefficient (Wildman–Crippen LogP) is 1.22. The Labute approximate surface area is 155 Å². The molecule has 0 aromatic heterocycles. The highest BCUT2D eigenvalue weighted by Gasteiger charge is 2.32. The number of anilines is 1. The molecule has 3 rings (SSSR count). The number of thioether (sulfide) groups is 1. The topological polar surface area (TPSA) is 70.2 Å². The maximum atomic E-state index is 13.5. The van der Waals surface area contributed by atoms with Crippen molar-refractivity contribution in [3.05, 3.63) is 24.0 Å². The van der Waals surface area contributed by atoms with Gasteiger partial charge < -0.3 is 9.64 Å². The number of imide groups is 1. The average Bonchev–Trinajstić information content (AvgIpc) is 2.94. The number of carbonyl (C=O) groups is 3. The normalized spacial score (nSPS) is 18.5. The molecule has 0 spiro atoms. The second-order valence-corrected chi connectivity index (χ2v) is 7.08. The molecule has 0 saturated carbocycles. The van der Waals surface area contributed by atoms with E-state index in [4.69, 9.17) is 4.74 Å². The van der Waals surface area contributed by atoms with Gasteiger partial charge in [0.2, 0.25) is 5.91 Å². The van der Waals surface area contributed by atoms with Crippen molar-refractivity contribution in [3.8, 4) is 5.75 Å². The third-order valence-corrected chi connectivity index (χ3v) is 5.29. The molecule has 0 N–H and O–H groups in total. The number of piperazine rings is 1. The molecule has 0 aliphatic carbocycles. The van der Waals surface area contributed by atoms with Gasteiger partial charge in [-0.05, 0) is 12.1 Å². The molecular formula is C17H20FN3O4S. The Morgan fingerprint density at radius 1 is 1.19 bits per heavy atom. The Morgan fingerprint density at radius 3 is 2.54 bits per heavy atom. The van der Waals surface area contributed by atoms with Crippen molar-refractivity contribution in [2.75, 3.05) is 57.0 Å². The zero-order valence-corrected chi connectivity index (χ0v) is 15.3. The van der Waals surface area contributed by atoms with Crippen molar-refractivity contribution in [3.63, 3.8) is 0 Å². The minimum atomic E-state index is -0.355. The number of ether oxygens (including phenoxy) is 1. The van der Waals surface area contributed by atoms with Crippen molar-refractivity contribution in [1.29, 1.82) is 0 Å². The lowest BCUT2D eigenvalue weighted by molar-refractivity contribution is -0.130. The number of Topliss-reactive ketones (excluding diaryl/α,β-unsaturated/α-hetero) is 1. The second-order valence-electron chi connectivity index (χ2n) is 6.15. The van der Waals surface area contributed by atoms with Crippen LogP contribution in [0.4, 0.5) is 14.9 Å². The van der Waals surface area contributed by atoms with Crippen LogP contribution in [0.3, 0.4) is 0 Å². The molecule has 2 aliphatic heterocycles. The van der Waals surface area contributed by atoms with Gasteiger partial charge in [-0.1, -0.05) is 11.8 Å². The zero-order chi connectivity index (χ0) is 18.7. The number of rotatable bonds is 6. The second kappa shape index (κ2) is 8.05. The number of ketones is 1. The molecule has 1 aromatic carbocycles. The lowest BCUT2D eigenvalue weighted by atomic mass is 10.2. The third-order valence-electron chi connectivity index (χ3n) is 4.43. The number of nitrogens with zero attached hydrogens (tertiary/aromatic N) is 3. The van der Waals surface area contributed by atoms with E-state index in [0.717, 1.165) is 16.7 Å². The fourth-order valence-corrected chi connectivity index (χ4v) is 3.79. The van der Waals surface area contributed by atoms with Gasteiger partial charge >= 0.3 is 0 Å². The summed E-state index contributed by atoms with van der Waals surface area (Å²) in [4.78, 5) is 40.3. The monoisotopic (exact) mass is 381 g/mol. The molecule has 26 heavy (non-hydrogen) atoms. The molecule has 2 aliphatic rings. The van der Waals surface area contributed by atoms with Crippen LogP contribution >= 0.6 is 11.8 Å². The van der Waals surface area contributed by atoms with Gasteiger partial charge in [-0.3, -0.25) is 24.2 Å². The smallest absolute Gasteiger partial charge is 0.289 e. The van der Waals surface area contributed by atoms with Crippen LogP contribution in [0.25, 0.3) is 0 Å². The minimum Gasteiger partial charge on any atom is -0.495 e. The highest BCUT2D eigenvalue weighted by atomic mass is 32.2. The highest BCUT2D eigenvalue weighted by Crippen LogP contribution is 2.29. The number of benzene rings is 1. The standard InChI is InChI=1S/C17H20FN3O4S/c1-25-15-3-2-12(18)8-14(15)20-6-4-19(5-7-20)9-13(22)10-21-16(23)11-26-17(21)24/h2-3,8H,4-7,9-11H2,1H3. The fourth-order valence-electron chi connectivity index (χ4n) is 3.07. The SMILES string of the molecule is COc1ccc(F)cc1N1CCN(CC(=O)CN2C(=O)CSC2=O)CC1. The van der Waals surface area contributed by atoms with Gasteiger partial charge in [-0.2, -0.15) is 0 Å². The highest BCUT2D eigenvalue weighted by molar-refractivity contribution is 8.14. The van der Waals surface area contributed by atoms with Crippen LogP contribution in [0.5, 0.6) is 5.75 Å². The first-order valence-corrected chi connectivity index (χ1v) is 9.26. The summed E-state index contributed by atoms with van der Waals surface area (Å²) in [5.74, 6) is -0.0710. The first kappa shape index (κ1) is 18.7. The van der Waals surface area contributed by atoms with Crippen LogP contribution in [0.2, 0.25) is 0 Å². The van der Waals surface area contributed by atoms with Crippen molar-refractivity contribution in [2.24, 2.45) is 0 Å². The zero-order valence-electron chi connectivity index (χ0n) is 14.4. The summed E-state index contributed by atoms with van der Waals surface area (Å²) >= 11 is 0.927. The molecule has 7 nitrogen and oxygen atoms in total. The van der Waals surface area contributed by atoms with Crippen LogP contribution in [0.1, 0.15) is 0 Å². The fraction of sp³-hybridized carbons (Fsp3) is 0.471. The largest absolute Gasteiger partial charge is 0.495 e. The number of carbonyl (C=O) groups excluding carboxylic acids is 3. The first-order chi connectivity index (χ1) is 12.5. The van der Waals surface area contributed by atoms with E-state index in [9.17, 15) is 18.8 Å². The molecular weight excluding hydrogens is 361 g/mol. The van der Waals surface area contributed by atoms with Crippen molar-refractivity contribution in [1.82, 2.24) is 9.80 Å². The summed E-state index contributed by atoms with van der Waals surface area (Å²) in [5, 5.41) is -0.355. The number of halogens is 1. The van der Waals surface area contributed by atoms with E-state index < -0.39 is 0 Å². The Kier molecular flexibility index (Phi) is 5.77. The van der Waals surface area contributed by atoms with Gasteiger partial charge in [0.1, 0.15) is 11.6 Å². The van der Waals surface area contributed by atoms with E-state index in [1.54, 1.807) is 13.2 Å². The number of amides is 2. The molecule has 1 aromatic rings. The van der Waals surface area contributed by atoms with Gasteiger partial charge in [0.15, 0.2) is 5.78 Å². The average molecular weight is 381 g/mol. The van der Waals surface area contributed by atoms with Crippen molar-refractivity contribution in [2.45, 2.75) is 0 Å². The molecule has 2 amide bonds. The number of hydrogen-bond donors (Lipinski definition) is 0. The van der Waals surface area contributed by atoms with Crippen molar-refractivity contribution < 1.29 is 23.5 Å². The third kappa shape index (κ3) is 4.16.